The molecular weight excluding hydrogens is 304 g/mol. The van der Waals surface area contributed by atoms with E-state index in [9.17, 15) is 13.2 Å². The van der Waals surface area contributed by atoms with Crippen molar-refractivity contribution in [1.82, 2.24) is 18.8 Å². The number of sulfonamides is 1. The van der Waals surface area contributed by atoms with E-state index in [1.54, 1.807) is 11.2 Å². The summed E-state index contributed by atoms with van der Waals surface area (Å²) in [5, 5.41) is 0. The van der Waals surface area contributed by atoms with Gasteiger partial charge in [-0.25, -0.2) is 13.4 Å². The molecule has 1 aliphatic rings. The third kappa shape index (κ3) is 2.97. The zero-order valence-electron chi connectivity index (χ0n) is 12.3. The second-order valence-electron chi connectivity index (χ2n) is 5.40. The molecule has 8 heteroatoms. The summed E-state index contributed by atoms with van der Waals surface area (Å²) in [7, 11) is -3.17. The molecule has 2 heterocycles. The first kappa shape index (κ1) is 15.0. The number of amides is 1. The fourth-order valence-electron chi connectivity index (χ4n) is 2.65. The summed E-state index contributed by atoms with van der Waals surface area (Å²) in [4.78, 5) is 18.3. The molecule has 0 spiro atoms. The van der Waals surface area contributed by atoms with E-state index in [-0.39, 0.29) is 12.5 Å². The van der Waals surface area contributed by atoms with E-state index in [0.29, 0.717) is 26.2 Å². The number of rotatable bonds is 3. The van der Waals surface area contributed by atoms with E-state index >= 15 is 0 Å². The third-order valence-corrected chi connectivity index (χ3v) is 5.20. The molecule has 0 bridgehead atoms. The van der Waals surface area contributed by atoms with Gasteiger partial charge in [0.2, 0.25) is 15.9 Å². The van der Waals surface area contributed by atoms with Crippen molar-refractivity contribution in [3.8, 4) is 0 Å². The minimum Gasteiger partial charge on any atom is -0.339 e. The molecule has 1 aliphatic heterocycles. The van der Waals surface area contributed by atoms with Gasteiger partial charge in [0.05, 0.1) is 23.6 Å². The van der Waals surface area contributed by atoms with Crippen molar-refractivity contribution in [2.45, 2.75) is 6.54 Å². The Morgan fingerprint density at radius 3 is 2.55 bits per heavy atom. The Bertz CT molecular complexity index is 791. The van der Waals surface area contributed by atoms with Crippen molar-refractivity contribution in [3.05, 3.63) is 30.6 Å². The number of hydrogen-bond donors (Lipinski definition) is 0. The van der Waals surface area contributed by atoms with Gasteiger partial charge in [-0.15, -0.1) is 0 Å². The number of piperazine rings is 1. The van der Waals surface area contributed by atoms with Gasteiger partial charge in [0, 0.05) is 26.2 Å². The highest BCUT2D eigenvalue weighted by Crippen LogP contribution is 2.13. The molecule has 1 saturated heterocycles. The summed E-state index contributed by atoms with van der Waals surface area (Å²) in [6.07, 6.45) is 2.86. The first-order valence-corrected chi connectivity index (χ1v) is 8.93. The highest BCUT2D eigenvalue weighted by atomic mass is 32.2. The monoisotopic (exact) mass is 322 g/mol. The standard InChI is InChI=1S/C14H18N4O3S/c1-22(20,21)18-8-6-16(7-9-18)14(19)10-17-11-15-12-4-2-3-5-13(12)17/h2-5,11H,6-10H2,1H3. The second-order valence-corrected chi connectivity index (χ2v) is 7.39. The topological polar surface area (TPSA) is 75.5 Å². The van der Waals surface area contributed by atoms with Crippen LogP contribution in [0, 0.1) is 0 Å². The molecule has 1 aromatic carbocycles. The Balaban J connectivity index is 1.66. The van der Waals surface area contributed by atoms with Crippen LogP contribution in [0.15, 0.2) is 30.6 Å². The van der Waals surface area contributed by atoms with Crippen LogP contribution in [0.1, 0.15) is 0 Å². The Morgan fingerprint density at radius 1 is 1.18 bits per heavy atom. The first-order chi connectivity index (χ1) is 10.4. The summed E-state index contributed by atoms with van der Waals surface area (Å²) in [5.74, 6) is -0.0173. The van der Waals surface area contributed by atoms with E-state index in [1.165, 1.54) is 10.6 Å². The van der Waals surface area contributed by atoms with Crippen molar-refractivity contribution in [2.24, 2.45) is 0 Å². The molecule has 118 valence electrons. The second kappa shape index (κ2) is 5.69. The number of aromatic nitrogens is 2. The molecule has 0 saturated carbocycles. The van der Waals surface area contributed by atoms with Gasteiger partial charge in [-0.2, -0.15) is 4.31 Å². The van der Waals surface area contributed by atoms with Gasteiger partial charge >= 0.3 is 0 Å². The largest absolute Gasteiger partial charge is 0.339 e. The summed E-state index contributed by atoms with van der Waals surface area (Å²) in [5.41, 5.74) is 1.78. The molecule has 0 aliphatic carbocycles. The van der Waals surface area contributed by atoms with Crippen LogP contribution in [-0.4, -0.2) is 65.5 Å². The number of hydrogen-bond acceptors (Lipinski definition) is 4. The fraction of sp³-hybridized carbons (Fsp3) is 0.429. The third-order valence-electron chi connectivity index (χ3n) is 3.89. The maximum absolute atomic E-state index is 12.4. The van der Waals surface area contributed by atoms with Crippen molar-refractivity contribution in [3.63, 3.8) is 0 Å². The van der Waals surface area contributed by atoms with Crippen LogP contribution < -0.4 is 0 Å². The zero-order valence-corrected chi connectivity index (χ0v) is 13.2. The molecule has 7 nitrogen and oxygen atoms in total. The normalized spacial score (nSPS) is 17.0. The number of nitrogens with zero attached hydrogens (tertiary/aromatic N) is 4. The van der Waals surface area contributed by atoms with Gasteiger partial charge in [-0.1, -0.05) is 12.1 Å². The van der Waals surface area contributed by atoms with E-state index < -0.39 is 10.0 Å². The highest BCUT2D eigenvalue weighted by molar-refractivity contribution is 7.88. The lowest BCUT2D eigenvalue weighted by molar-refractivity contribution is -0.132. The molecule has 0 unspecified atom stereocenters. The van der Waals surface area contributed by atoms with Gasteiger partial charge in [0.15, 0.2) is 0 Å². The number of carbonyl (C=O) groups is 1. The van der Waals surface area contributed by atoms with Crippen molar-refractivity contribution in [2.75, 3.05) is 32.4 Å². The minimum absolute atomic E-state index is 0.0173. The predicted octanol–water partition coefficient (Wildman–Crippen LogP) is 0.140. The molecular formula is C14H18N4O3S. The fourth-order valence-corrected chi connectivity index (χ4v) is 3.48. The molecule has 1 amide bonds. The van der Waals surface area contributed by atoms with Gasteiger partial charge in [0.1, 0.15) is 6.54 Å². The van der Waals surface area contributed by atoms with Crippen molar-refractivity contribution in [1.29, 1.82) is 0 Å². The molecule has 0 radical (unpaired) electrons. The maximum atomic E-state index is 12.4. The maximum Gasteiger partial charge on any atom is 0.242 e. The highest BCUT2D eigenvalue weighted by Gasteiger charge is 2.26. The molecule has 22 heavy (non-hydrogen) atoms. The van der Waals surface area contributed by atoms with E-state index in [1.807, 2.05) is 28.8 Å². The molecule has 0 N–H and O–H groups in total. The lowest BCUT2D eigenvalue weighted by Crippen LogP contribution is -2.50. The van der Waals surface area contributed by atoms with Crippen molar-refractivity contribution < 1.29 is 13.2 Å². The number of benzene rings is 1. The molecule has 3 rings (SSSR count). The van der Waals surface area contributed by atoms with Crippen molar-refractivity contribution >= 4 is 27.0 Å². The molecule has 1 aromatic heterocycles. The van der Waals surface area contributed by atoms with E-state index in [2.05, 4.69) is 4.98 Å². The zero-order chi connectivity index (χ0) is 15.7. The van der Waals surface area contributed by atoms with Crippen LogP contribution >= 0.6 is 0 Å². The summed E-state index contributed by atoms with van der Waals surface area (Å²) >= 11 is 0. The lowest BCUT2D eigenvalue weighted by atomic mass is 10.3. The number of carbonyl (C=O) groups excluding carboxylic acids is 1. The summed E-state index contributed by atoms with van der Waals surface area (Å²) in [6, 6.07) is 7.65. The molecule has 0 atom stereocenters. The van der Waals surface area contributed by atoms with Gasteiger partial charge in [0.25, 0.3) is 0 Å². The number of para-hydroxylation sites is 2. The van der Waals surface area contributed by atoms with Gasteiger partial charge < -0.3 is 9.47 Å². The Labute approximate surface area is 129 Å². The Hall–Kier alpha value is -1.93. The van der Waals surface area contributed by atoms with Crippen LogP contribution in [0.4, 0.5) is 0 Å². The first-order valence-electron chi connectivity index (χ1n) is 7.08. The average Bonchev–Trinajstić information content (AvgIpc) is 2.90. The summed E-state index contributed by atoms with van der Waals surface area (Å²) in [6.45, 7) is 1.79. The van der Waals surface area contributed by atoms with Crippen LogP contribution in [0.25, 0.3) is 11.0 Å². The smallest absolute Gasteiger partial charge is 0.242 e. The number of imidazole rings is 1. The molecule has 1 fully saturated rings. The Morgan fingerprint density at radius 2 is 1.86 bits per heavy atom. The minimum atomic E-state index is -3.17. The SMILES string of the molecule is CS(=O)(=O)N1CCN(C(=O)Cn2cnc3ccccc32)CC1. The van der Waals surface area contributed by atoms with Gasteiger partial charge in [-0.05, 0) is 12.1 Å². The lowest BCUT2D eigenvalue weighted by Gasteiger charge is -2.33. The van der Waals surface area contributed by atoms with E-state index in [0.717, 1.165) is 11.0 Å². The number of fused-ring (bicyclic) bond motifs is 1. The summed E-state index contributed by atoms with van der Waals surface area (Å²) < 4.78 is 26.2. The van der Waals surface area contributed by atoms with Crippen LogP contribution in [0.3, 0.4) is 0 Å². The van der Waals surface area contributed by atoms with Gasteiger partial charge in [-0.3, -0.25) is 4.79 Å². The predicted molar refractivity (Wildman–Crippen MR) is 82.7 cm³/mol. The van der Waals surface area contributed by atoms with Crippen LogP contribution in [0.2, 0.25) is 0 Å². The van der Waals surface area contributed by atoms with Crippen LogP contribution in [0.5, 0.6) is 0 Å². The Kier molecular flexibility index (Phi) is 3.88. The van der Waals surface area contributed by atoms with Crippen LogP contribution in [-0.2, 0) is 21.4 Å². The quantitative estimate of drug-likeness (QED) is 0.805. The van der Waals surface area contributed by atoms with E-state index in [4.69, 9.17) is 0 Å². The molecule has 2 aromatic rings. The average molecular weight is 322 g/mol.